The van der Waals surface area contributed by atoms with E-state index in [0.717, 1.165) is 4.90 Å². The first-order valence-electron chi connectivity index (χ1n) is 3.76. The highest BCUT2D eigenvalue weighted by Crippen LogP contribution is 2.18. The van der Waals surface area contributed by atoms with Gasteiger partial charge in [0.1, 0.15) is 12.6 Å². The minimum atomic E-state index is -1.19. The van der Waals surface area contributed by atoms with E-state index in [4.69, 9.17) is 10.2 Å². The third-order valence-corrected chi connectivity index (χ3v) is 1.92. The normalized spacial score (nSPS) is 22.0. The minimum absolute atomic E-state index is 0.115. The zero-order valence-corrected chi connectivity index (χ0v) is 6.77. The van der Waals surface area contributed by atoms with E-state index < -0.39 is 30.4 Å². The van der Waals surface area contributed by atoms with Crippen molar-refractivity contribution >= 4 is 17.8 Å². The summed E-state index contributed by atoms with van der Waals surface area (Å²) in [5.41, 5.74) is 0. The Bertz CT molecular complexity index is 262. The summed E-state index contributed by atoms with van der Waals surface area (Å²) in [7, 11) is 0. The van der Waals surface area contributed by atoms with Crippen LogP contribution in [0, 0.1) is 0 Å². The van der Waals surface area contributed by atoms with Gasteiger partial charge >= 0.3 is 11.9 Å². The average Bonchev–Trinajstić information content (AvgIpc) is 2.32. The molecule has 13 heavy (non-hydrogen) atoms. The van der Waals surface area contributed by atoms with E-state index in [1.165, 1.54) is 0 Å². The van der Waals surface area contributed by atoms with Crippen LogP contribution in [0.2, 0.25) is 0 Å². The van der Waals surface area contributed by atoms with Crippen LogP contribution in [0.5, 0.6) is 0 Å². The number of hydrogen-bond acceptors (Lipinski definition) is 3. The number of rotatable bonds is 3. The van der Waals surface area contributed by atoms with Crippen molar-refractivity contribution in [2.75, 3.05) is 6.54 Å². The molecule has 0 aromatic rings. The lowest BCUT2D eigenvalue weighted by Gasteiger charge is -2.18. The fourth-order valence-corrected chi connectivity index (χ4v) is 1.33. The van der Waals surface area contributed by atoms with E-state index >= 15 is 0 Å². The largest absolute Gasteiger partial charge is 0.480 e. The summed E-state index contributed by atoms with van der Waals surface area (Å²) in [5, 5.41) is 17.0. The second kappa shape index (κ2) is 3.42. The van der Waals surface area contributed by atoms with Gasteiger partial charge < -0.3 is 15.1 Å². The monoisotopic (exact) mass is 187 g/mol. The van der Waals surface area contributed by atoms with Crippen LogP contribution in [-0.2, 0) is 14.4 Å². The summed E-state index contributed by atoms with van der Waals surface area (Å²) in [6.07, 6.45) is 0.311. The number of likely N-dealkylation sites (tertiary alicyclic amines) is 1. The van der Waals surface area contributed by atoms with Crippen LogP contribution in [0.4, 0.5) is 0 Å². The molecule has 1 rings (SSSR count). The number of carboxylic acid groups (broad SMARTS) is 2. The molecule has 1 aliphatic heterocycles. The number of aliphatic carboxylic acids is 2. The number of carbonyl (C=O) groups is 3. The minimum Gasteiger partial charge on any atom is -0.480 e. The van der Waals surface area contributed by atoms with Crippen LogP contribution in [-0.4, -0.2) is 45.5 Å². The molecule has 1 unspecified atom stereocenters. The van der Waals surface area contributed by atoms with Gasteiger partial charge in [-0.3, -0.25) is 9.59 Å². The first-order chi connectivity index (χ1) is 6.02. The van der Waals surface area contributed by atoms with Crippen molar-refractivity contribution in [2.45, 2.75) is 18.9 Å². The van der Waals surface area contributed by atoms with E-state index in [0.29, 0.717) is 0 Å². The number of hydrogen-bond donors (Lipinski definition) is 2. The second-order valence-corrected chi connectivity index (χ2v) is 2.81. The molecule has 6 heteroatoms. The molecule has 72 valence electrons. The summed E-state index contributed by atoms with van der Waals surface area (Å²) in [6.45, 7) is -0.532. The Kier molecular flexibility index (Phi) is 2.50. The van der Waals surface area contributed by atoms with Crippen LogP contribution < -0.4 is 0 Å². The maximum absolute atomic E-state index is 11.0. The van der Waals surface area contributed by atoms with Crippen LogP contribution >= 0.6 is 0 Å². The van der Waals surface area contributed by atoms with Crippen molar-refractivity contribution in [3.05, 3.63) is 0 Å². The van der Waals surface area contributed by atoms with Crippen LogP contribution in [0.3, 0.4) is 0 Å². The van der Waals surface area contributed by atoms with Gasteiger partial charge in [-0.15, -0.1) is 0 Å². The first-order valence-corrected chi connectivity index (χ1v) is 3.76. The first kappa shape index (κ1) is 9.50. The molecule has 1 fully saturated rings. The standard InChI is InChI=1S/C7H9NO5/c9-5-2-1-4(7(12)13)8(5)3-6(10)11/h4H,1-3H2,(H,10,11)(H,12,13). The summed E-state index contributed by atoms with van der Waals surface area (Å²) >= 11 is 0. The van der Waals surface area contributed by atoms with E-state index in [1.54, 1.807) is 0 Å². The van der Waals surface area contributed by atoms with E-state index in [-0.39, 0.29) is 12.8 Å². The van der Waals surface area contributed by atoms with E-state index in [9.17, 15) is 14.4 Å². The smallest absolute Gasteiger partial charge is 0.326 e. The summed E-state index contributed by atoms with van der Waals surface area (Å²) in [6, 6.07) is -0.969. The van der Waals surface area contributed by atoms with Crippen molar-refractivity contribution in [1.82, 2.24) is 4.90 Å². The highest BCUT2D eigenvalue weighted by molar-refractivity contribution is 5.89. The number of carboxylic acids is 2. The van der Waals surface area contributed by atoms with Crippen molar-refractivity contribution in [3.8, 4) is 0 Å². The van der Waals surface area contributed by atoms with Crippen molar-refractivity contribution < 1.29 is 24.6 Å². The van der Waals surface area contributed by atoms with E-state index in [1.807, 2.05) is 0 Å². The highest BCUT2D eigenvalue weighted by atomic mass is 16.4. The molecule has 1 saturated heterocycles. The van der Waals surface area contributed by atoms with Gasteiger partial charge in [0.25, 0.3) is 0 Å². The molecule has 0 aromatic heterocycles. The predicted molar refractivity (Wildman–Crippen MR) is 40.0 cm³/mol. The number of carbonyl (C=O) groups excluding carboxylic acids is 1. The summed E-state index contributed by atoms with van der Waals surface area (Å²) in [5.74, 6) is -2.75. The molecule has 0 spiro atoms. The predicted octanol–water partition coefficient (Wildman–Crippen LogP) is -0.853. The third kappa shape index (κ3) is 1.95. The lowest BCUT2D eigenvalue weighted by atomic mass is 10.2. The van der Waals surface area contributed by atoms with Gasteiger partial charge in [-0.1, -0.05) is 0 Å². The number of amides is 1. The molecular weight excluding hydrogens is 178 g/mol. The third-order valence-electron chi connectivity index (χ3n) is 1.92. The summed E-state index contributed by atoms with van der Waals surface area (Å²) < 4.78 is 0. The van der Waals surface area contributed by atoms with Crippen molar-refractivity contribution in [2.24, 2.45) is 0 Å². The Morgan fingerprint density at radius 2 is 2.08 bits per heavy atom. The second-order valence-electron chi connectivity index (χ2n) is 2.81. The molecule has 0 bridgehead atoms. The zero-order valence-electron chi connectivity index (χ0n) is 6.77. The Morgan fingerprint density at radius 1 is 1.46 bits per heavy atom. The zero-order chi connectivity index (χ0) is 10.0. The van der Waals surface area contributed by atoms with Crippen LogP contribution in [0.1, 0.15) is 12.8 Å². The van der Waals surface area contributed by atoms with Gasteiger partial charge in [-0.25, -0.2) is 4.79 Å². The van der Waals surface area contributed by atoms with Crippen molar-refractivity contribution in [1.29, 1.82) is 0 Å². The molecule has 1 aliphatic rings. The Morgan fingerprint density at radius 3 is 2.54 bits per heavy atom. The van der Waals surface area contributed by atoms with Gasteiger partial charge in [0.05, 0.1) is 0 Å². The quantitative estimate of drug-likeness (QED) is 0.599. The molecule has 0 saturated carbocycles. The Hall–Kier alpha value is -1.59. The Labute approximate surface area is 73.8 Å². The van der Waals surface area contributed by atoms with Gasteiger partial charge in [-0.05, 0) is 6.42 Å². The van der Waals surface area contributed by atoms with Gasteiger partial charge in [-0.2, -0.15) is 0 Å². The fraction of sp³-hybridized carbons (Fsp3) is 0.571. The van der Waals surface area contributed by atoms with Gasteiger partial charge in [0.2, 0.25) is 5.91 Å². The maximum atomic E-state index is 11.0. The van der Waals surface area contributed by atoms with Gasteiger partial charge in [0.15, 0.2) is 0 Å². The van der Waals surface area contributed by atoms with Crippen molar-refractivity contribution in [3.63, 3.8) is 0 Å². The molecule has 1 amide bonds. The topological polar surface area (TPSA) is 94.9 Å². The molecule has 1 atom stereocenters. The van der Waals surface area contributed by atoms with Crippen LogP contribution in [0.25, 0.3) is 0 Å². The highest BCUT2D eigenvalue weighted by Gasteiger charge is 2.36. The fourth-order valence-electron chi connectivity index (χ4n) is 1.33. The average molecular weight is 187 g/mol. The molecular formula is C7H9NO5. The van der Waals surface area contributed by atoms with Crippen LogP contribution in [0.15, 0.2) is 0 Å². The lowest BCUT2D eigenvalue weighted by Crippen LogP contribution is -2.41. The van der Waals surface area contributed by atoms with Gasteiger partial charge in [0, 0.05) is 6.42 Å². The Balaban J connectivity index is 2.71. The molecule has 0 radical (unpaired) electrons. The molecule has 1 heterocycles. The molecule has 0 aliphatic carbocycles. The van der Waals surface area contributed by atoms with E-state index in [2.05, 4.69) is 0 Å². The SMILES string of the molecule is O=C(O)CN1C(=O)CCC1C(=O)O. The lowest BCUT2D eigenvalue weighted by molar-refractivity contribution is -0.150. The molecule has 0 aromatic carbocycles. The summed E-state index contributed by atoms with van der Waals surface area (Å²) in [4.78, 5) is 32.7. The molecule has 2 N–H and O–H groups in total. The number of nitrogens with zero attached hydrogens (tertiary/aromatic N) is 1. The maximum Gasteiger partial charge on any atom is 0.326 e. The molecule has 6 nitrogen and oxygen atoms in total.